The molecule has 242 valence electrons. The van der Waals surface area contributed by atoms with E-state index >= 15 is 0 Å². The van der Waals surface area contributed by atoms with Gasteiger partial charge in [0.25, 0.3) is 11.8 Å². The molecule has 0 spiro atoms. The highest BCUT2D eigenvalue weighted by molar-refractivity contribution is 9.10. The van der Waals surface area contributed by atoms with Crippen molar-refractivity contribution < 1.29 is 38.1 Å². The van der Waals surface area contributed by atoms with E-state index in [1.807, 2.05) is 55.5 Å². The zero-order valence-corrected chi connectivity index (χ0v) is 27.7. The lowest BCUT2D eigenvalue weighted by molar-refractivity contribution is -0.122. The molecule has 0 radical (unpaired) electrons. The number of carbonyl (C=O) groups is 3. The number of benzene rings is 4. The van der Waals surface area contributed by atoms with Gasteiger partial charge in [0.15, 0.2) is 23.0 Å². The molecule has 0 aromatic heterocycles. The summed E-state index contributed by atoms with van der Waals surface area (Å²) in [5.74, 6) is 0.739. The van der Waals surface area contributed by atoms with Crippen LogP contribution in [-0.4, -0.2) is 38.7 Å². The maximum Gasteiger partial charge on any atom is 0.335 e. The number of carbonyl (C=O) groups excluding carboxylic acids is 3. The van der Waals surface area contributed by atoms with Crippen molar-refractivity contribution in [3.8, 4) is 28.7 Å². The number of nitrogens with one attached hydrogen (secondary N) is 1. The second kappa shape index (κ2) is 15.3. The van der Waals surface area contributed by atoms with Crippen LogP contribution < -0.4 is 33.9 Å². The van der Waals surface area contributed by atoms with Gasteiger partial charge in [0, 0.05) is 16.1 Å². The predicted molar refractivity (Wildman–Crippen MR) is 180 cm³/mol. The topological polar surface area (TPSA) is 113 Å². The molecule has 4 aromatic rings. The smallest absolute Gasteiger partial charge is 0.335 e. The van der Waals surface area contributed by atoms with Gasteiger partial charge < -0.3 is 23.7 Å². The lowest BCUT2D eigenvalue weighted by Gasteiger charge is -2.27. The van der Waals surface area contributed by atoms with Gasteiger partial charge in [-0.1, -0.05) is 59.3 Å². The number of amides is 4. The maximum atomic E-state index is 13.7. The van der Waals surface area contributed by atoms with Crippen molar-refractivity contribution in [2.45, 2.75) is 26.6 Å². The molecule has 0 unspecified atom stereocenters. The molecular formula is C36H33BrN2O8. The van der Waals surface area contributed by atoms with Gasteiger partial charge in [-0.15, -0.1) is 0 Å². The van der Waals surface area contributed by atoms with Gasteiger partial charge in [0.1, 0.15) is 24.5 Å². The highest BCUT2D eigenvalue weighted by Crippen LogP contribution is 2.35. The lowest BCUT2D eigenvalue weighted by atomic mass is 10.1. The van der Waals surface area contributed by atoms with Crippen molar-refractivity contribution in [2.24, 2.45) is 0 Å². The summed E-state index contributed by atoms with van der Waals surface area (Å²) in [6, 6.07) is 24.4. The summed E-state index contributed by atoms with van der Waals surface area (Å²) in [6.07, 6.45) is 2.19. The van der Waals surface area contributed by atoms with E-state index in [0.717, 1.165) is 22.4 Å². The summed E-state index contributed by atoms with van der Waals surface area (Å²) >= 11 is 3.45. The Hall–Kier alpha value is -5.29. The standard InChI is InChI=1S/C36H33BrN2O8/c1-4-16-45-30-15-12-27(20-33(30)44-3)39-35(41)28(34(40)38-36(39)42)19-25-18-26(37)11-14-29(25)46-22-24-10-13-31(32(17-24)43-2)47-21-23-8-6-5-7-9-23/h5-15,17-20H,4,16,21-22H2,1-3H3,(H,38,40,42)/b28-19-. The third-order valence-corrected chi connectivity index (χ3v) is 7.59. The Kier molecular flexibility index (Phi) is 10.8. The Morgan fingerprint density at radius 1 is 0.723 bits per heavy atom. The van der Waals surface area contributed by atoms with Crippen LogP contribution in [0, 0.1) is 0 Å². The van der Waals surface area contributed by atoms with E-state index in [2.05, 4.69) is 21.2 Å². The van der Waals surface area contributed by atoms with Gasteiger partial charge in [0.05, 0.1) is 26.5 Å². The van der Waals surface area contributed by atoms with Crippen LogP contribution in [0.3, 0.4) is 0 Å². The molecule has 1 N–H and O–H groups in total. The zero-order chi connectivity index (χ0) is 33.3. The Balaban J connectivity index is 1.36. The number of nitrogens with zero attached hydrogens (tertiary/aromatic N) is 1. The van der Waals surface area contributed by atoms with Crippen LogP contribution in [0.5, 0.6) is 28.7 Å². The number of ether oxygens (including phenoxy) is 5. The molecule has 4 aromatic carbocycles. The van der Waals surface area contributed by atoms with Crippen molar-refractivity contribution in [3.05, 3.63) is 112 Å². The molecular weight excluding hydrogens is 668 g/mol. The summed E-state index contributed by atoms with van der Waals surface area (Å²) in [4.78, 5) is 40.3. The Bertz CT molecular complexity index is 1810. The second-order valence-electron chi connectivity index (χ2n) is 10.4. The van der Waals surface area contributed by atoms with Gasteiger partial charge in [-0.2, -0.15) is 0 Å². The molecule has 0 aliphatic carbocycles. The van der Waals surface area contributed by atoms with Crippen molar-refractivity contribution in [2.75, 3.05) is 25.7 Å². The quantitative estimate of drug-likeness (QED) is 0.116. The van der Waals surface area contributed by atoms with Crippen LogP contribution in [0.1, 0.15) is 30.0 Å². The normalized spacial score (nSPS) is 13.7. The van der Waals surface area contributed by atoms with E-state index in [1.165, 1.54) is 19.3 Å². The first-order valence-electron chi connectivity index (χ1n) is 14.8. The molecule has 11 heteroatoms. The first kappa shape index (κ1) is 33.1. The third kappa shape index (κ3) is 7.93. The number of urea groups is 1. The average Bonchev–Trinajstić information content (AvgIpc) is 3.08. The molecule has 0 saturated carbocycles. The van der Waals surface area contributed by atoms with Crippen LogP contribution in [0.2, 0.25) is 0 Å². The Morgan fingerprint density at radius 2 is 1.38 bits per heavy atom. The fourth-order valence-electron chi connectivity index (χ4n) is 4.76. The Morgan fingerprint density at radius 3 is 2.13 bits per heavy atom. The number of halogens is 1. The summed E-state index contributed by atoms with van der Waals surface area (Å²) in [7, 11) is 3.03. The molecule has 0 bridgehead atoms. The van der Waals surface area contributed by atoms with Crippen molar-refractivity contribution >= 4 is 45.5 Å². The summed E-state index contributed by atoms with van der Waals surface area (Å²) in [5, 5.41) is 2.25. The molecule has 4 amide bonds. The minimum absolute atomic E-state index is 0.157. The van der Waals surface area contributed by atoms with Crippen LogP contribution in [0.25, 0.3) is 6.08 Å². The van der Waals surface area contributed by atoms with E-state index in [9.17, 15) is 14.4 Å². The predicted octanol–water partition coefficient (Wildman–Crippen LogP) is 7.08. The molecule has 1 aliphatic heterocycles. The lowest BCUT2D eigenvalue weighted by Crippen LogP contribution is -2.54. The van der Waals surface area contributed by atoms with Gasteiger partial charge in [0.2, 0.25) is 0 Å². The molecule has 1 aliphatic rings. The fraction of sp³-hybridized carbons (Fsp3) is 0.194. The molecule has 1 heterocycles. The second-order valence-corrected chi connectivity index (χ2v) is 11.3. The van der Waals surface area contributed by atoms with Crippen LogP contribution >= 0.6 is 15.9 Å². The van der Waals surface area contributed by atoms with E-state index in [4.69, 9.17) is 23.7 Å². The molecule has 0 atom stereocenters. The van der Waals surface area contributed by atoms with E-state index in [-0.39, 0.29) is 17.9 Å². The number of hydrogen-bond acceptors (Lipinski definition) is 8. The van der Waals surface area contributed by atoms with Crippen LogP contribution in [0.4, 0.5) is 10.5 Å². The third-order valence-electron chi connectivity index (χ3n) is 7.10. The van der Waals surface area contributed by atoms with Crippen molar-refractivity contribution in [1.82, 2.24) is 5.32 Å². The first-order chi connectivity index (χ1) is 22.8. The Labute approximate surface area is 281 Å². The minimum Gasteiger partial charge on any atom is -0.493 e. The summed E-state index contributed by atoms with van der Waals surface area (Å²) < 4.78 is 29.5. The van der Waals surface area contributed by atoms with E-state index in [0.29, 0.717) is 52.0 Å². The van der Waals surface area contributed by atoms with Crippen molar-refractivity contribution in [3.63, 3.8) is 0 Å². The van der Waals surface area contributed by atoms with Crippen molar-refractivity contribution in [1.29, 1.82) is 0 Å². The van der Waals surface area contributed by atoms with Gasteiger partial charge in [-0.25, -0.2) is 9.69 Å². The fourth-order valence-corrected chi connectivity index (χ4v) is 5.13. The molecule has 47 heavy (non-hydrogen) atoms. The largest absolute Gasteiger partial charge is 0.493 e. The first-order valence-corrected chi connectivity index (χ1v) is 15.6. The van der Waals surface area contributed by atoms with Gasteiger partial charge in [-0.05, 0) is 66.1 Å². The monoisotopic (exact) mass is 700 g/mol. The van der Waals surface area contributed by atoms with Crippen LogP contribution in [-0.2, 0) is 22.8 Å². The SMILES string of the molecule is CCCOc1ccc(N2C(=O)NC(=O)/C(=C/c3cc(Br)ccc3OCc3ccc(OCc4ccccc4)c(OC)c3)C2=O)cc1OC. The summed E-state index contributed by atoms with van der Waals surface area (Å²) in [6.45, 7) is 3.00. The number of hydrogen-bond donors (Lipinski definition) is 1. The molecule has 10 nitrogen and oxygen atoms in total. The highest BCUT2D eigenvalue weighted by atomic mass is 79.9. The number of rotatable bonds is 13. The van der Waals surface area contributed by atoms with E-state index < -0.39 is 17.8 Å². The maximum absolute atomic E-state index is 13.7. The number of imide groups is 2. The molecule has 1 saturated heterocycles. The molecule has 5 rings (SSSR count). The number of barbiturate groups is 1. The minimum atomic E-state index is -0.878. The number of anilines is 1. The number of methoxy groups -OCH3 is 2. The van der Waals surface area contributed by atoms with Gasteiger partial charge in [-0.3, -0.25) is 14.9 Å². The van der Waals surface area contributed by atoms with E-state index in [1.54, 1.807) is 37.4 Å². The average molecular weight is 702 g/mol. The zero-order valence-electron chi connectivity index (χ0n) is 26.1. The highest BCUT2D eigenvalue weighted by Gasteiger charge is 2.37. The summed E-state index contributed by atoms with van der Waals surface area (Å²) in [5.41, 5.74) is 2.25. The van der Waals surface area contributed by atoms with Gasteiger partial charge >= 0.3 is 6.03 Å². The molecule has 1 fully saturated rings. The van der Waals surface area contributed by atoms with Crippen LogP contribution in [0.15, 0.2) is 95.0 Å².